The first-order valence-electron chi connectivity index (χ1n) is 6.55. The van der Waals surface area contributed by atoms with E-state index in [0.717, 1.165) is 10.4 Å². The molecular formula is C16H18N4O. The van der Waals surface area contributed by atoms with Gasteiger partial charge in [0.1, 0.15) is 5.75 Å². The number of nitrogens with two attached hydrogens (primary N) is 1. The normalized spacial score (nSPS) is 12.3. The Labute approximate surface area is 123 Å². The minimum atomic E-state index is 0.458. The molecule has 0 saturated carbocycles. The third-order valence-corrected chi connectivity index (χ3v) is 2.92. The van der Waals surface area contributed by atoms with Crippen molar-refractivity contribution in [1.82, 2.24) is 9.97 Å². The maximum atomic E-state index is 5.99. The Kier molecular flexibility index (Phi) is 4.56. The molecule has 0 aliphatic heterocycles. The number of allylic oxidation sites excluding steroid dienone is 1. The summed E-state index contributed by atoms with van der Waals surface area (Å²) >= 11 is 0. The predicted octanol–water partition coefficient (Wildman–Crippen LogP) is 1.66. The molecule has 0 atom stereocenters. The molecule has 1 heterocycles. The van der Waals surface area contributed by atoms with Gasteiger partial charge in [-0.3, -0.25) is 0 Å². The maximum Gasteiger partial charge on any atom is 0.225 e. The molecule has 21 heavy (non-hydrogen) atoms. The molecule has 0 amide bonds. The fourth-order valence-corrected chi connectivity index (χ4v) is 1.97. The number of rotatable bonds is 4. The van der Waals surface area contributed by atoms with Crippen LogP contribution in [0, 0.1) is 0 Å². The third kappa shape index (κ3) is 3.20. The zero-order chi connectivity index (χ0) is 15.2. The van der Waals surface area contributed by atoms with E-state index in [9.17, 15) is 0 Å². The van der Waals surface area contributed by atoms with E-state index < -0.39 is 0 Å². The molecule has 0 spiro atoms. The van der Waals surface area contributed by atoms with Gasteiger partial charge in [0.2, 0.25) is 11.8 Å². The second kappa shape index (κ2) is 6.56. The topological polar surface area (TPSA) is 73.1 Å². The van der Waals surface area contributed by atoms with Crippen LogP contribution in [0.1, 0.15) is 6.92 Å². The highest BCUT2D eigenvalue weighted by atomic mass is 16.5. The molecule has 0 aliphatic carbocycles. The summed E-state index contributed by atoms with van der Waals surface area (Å²) in [5.74, 6) is 1.62. The monoisotopic (exact) mass is 282 g/mol. The van der Waals surface area contributed by atoms with Crippen molar-refractivity contribution in [2.24, 2.45) is 0 Å². The highest BCUT2D eigenvalue weighted by molar-refractivity contribution is 5.54. The summed E-state index contributed by atoms with van der Waals surface area (Å²) in [4.78, 5) is 8.29. The van der Waals surface area contributed by atoms with Crippen LogP contribution >= 0.6 is 0 Å². The van der Waals surface area contributed by atoms with E-state index in [1.54, 1.807) is 25.4 Å². The Balaban J connectivity index is 2.54. The first-order chi connectivity index (χ1) is 10.2. The van der Waals surface area contributed by atoms with Crippen LogP contribution in [0.2, 0.25) is 0 Å². The van der Waals surface area contributed by atoms with Crippen LogP contribution in [0.4, 0.5) is 11.6 Å². The zero-order valence-electron chi connectivity index (χ0n) is 12.1. The summed E-state index contributed by atoms with van der Waals surface area (Å²) < 4.78 is 5.86. The number of hydrogen-bond donors (Lipinski definition) is 2. The lowest BCUT2D eigenvalue weighted by Crippen LogP contribution is -2.28. The summed E-state index contributed by atoms with van der Waals surface area (Å²) in [6, 6.07) is 5.33. The molecule has 0 fully saturated rings. The molecular weight excluding hydrogens is 264 g/mol. The molecule has 5 heteroatoms. The Morgan fingerprint density at radius 1 is 1.29 bits per heavy atom. The quantitative estimate of drug-likeness (QED) is 0.834. The molecule has 3 N–H and O–H groups in total. The predicted molar refractivity (Wildman–Crippen MR) is 86.6 cm³/mol. The molecule has 108 valence electrons. The molecule has 0 unspecified atom stereocenters. The SMILES string of the molecule is C=C/C=c1/c(Oc2ccnc(NC)n2)ccc(N)/c1=C/C. The third-order valence-electron chi connectivity index (χ3n) is 2.92. The molecule has 2 aromatic rings. The van der Waals surface area contributed by atoms with Gasteiger partial charge in [0.05, 0.1) is 0 Å². The van der Waals surface area contributed by atoms with Crippen LogP contribution in [0.3, 0.4) is 0 Å². The minimum absolute atomic E-state index is 0.458. The summed E-state index contributed by atoms with van der Waals surface area (Å²) in [5, 5.41) is 4.66. The lowest BCUT2D eigenvalue weighted by Gasteiger charge is -2.08. The van der Waals surface area contributed by atoms with Gasteiger partial charge >= 0.3 is 0 Å². The van der Waals surface area contributed by atoms with Gasteiger partial charge < -0.3 is 15.8 Å². The Morgan fingerprint density at radius 3 is 2.76 bits per heavy atom. The van der Waals surface area contributed by atoms with Crippen LogP contribution < -0.4 is 26.2 Å². The van der Waals surface area contributed by atoms with Crippen molar-refractivity contribution < 1.29 is 4.74 Å². The molecule has 0 bridgehead atoms. The van der Waals surface area contributed by atoms with Crippen molar-refractivity contribution in [2.75, 3.05) is 18.1 Å². The summed E-state index contributed by atoms with van der Waals surface area (Å²) in [7, 11) is 1.75. The first-order valence-corrected chi connectivity index (χ1v) is 6.55. The highest BCUT2D eigenvalue weighted by Crippen LogP contribution is 2.16. The van der Waals surface area contributed by atoms with Gasteiger partial charge in [-0.2, -0.15) is 4.98 Å². The van der Waals surface area contributed by atoms with E-state index in [4.69, 9.17) is 10.5 Å². The van der Waals surface area contributed by atoms with E-state index in [0.29, 0.717) is 23.3 Å². The second-order valence-electron chi connectivity index (χ2n) is 4.24. The summed E-state index contributed by atoms with van der Waals surface area (Å²) in [5.41, 5.74) is 6.68. The van der Waals surface area contributed by atoms with Crippen molar-refractivity contribution >= 4 is 23.8 Å². The summed E-state index contributed by atoms with van der Waals surface area (Å²) in [6.45, 7) is 5.67. The van der Waals surface area contributed by atoms with Crippen molar-refractivity contribution in [2.45, 2.75) is 6.92 Å². The van der Waals surface area contributed by atoms with E-state index >= 15 is 0 Å². The number of aromatic nitrogens is 2. The lowest BCUT2D eigenvalue weighted by molar-refractivity contribution is 0.458. The average Bonchev–Trinajstić information content (AvgIpc) is 2.51. The molecule has 2 rings (SSSR count). The smallest absolute Gasteiger partial charge is 0.225 e. The molecule has 5 nitrogen and oxygen atoms in total. The minimum Gasteiger partial charge on any atom is -0.438 e. The maximum absolute atomic E-state index is 5.99. The highest BCUT2D eigenvalue weighted by Gasteiger charge is 2.04. The van der Waals surface area contributed by atoms with Gasteiger partial charge in [-0.1, -0.05) is 24.8 Å². The lowest BCUT2D eigenvalue weighted by atomic mass is 10.1. The number of anilines is 2. The summed E-state index contributed by atoms with van der Waals surface area (Å²) in [6.07, 6.45) is 7.14. The number of hydrogen-bond acceptors (Lipinski definition) is 5. The van der Waals surface area contributed by atoms with Gasteiger partial charge in [-0.15, -0.1) is 0 Å². The van der Waals surface area contributed by atoms with Gasteiger partial charge in [0.15, 0.2) is 0 Å². The van der Waals surface area contributed by atoms with Crippen LogP contribution in [-0.4, -0.2) is 17.0 Å². The van der Waals surface area contributed by atoms with Crippen molar-refractivity contribution in [3.8, 4) is 11.6 Å². The number of nitrogens with one attached hydrogen (secondary N) is 1. The van der Waals surface area contributed by atoms with Crippen molar-refractivity contribution in [3.05, 3.63) is 47.5 Å². The molecule has 1 aromatic heterocycles. The zero-order valence-corrected chi connectivity index (χ0v) is 12.1. The number of nitrogens with zero attached hydrogens (tertiary/aromatic N) is 2. The van der Waals surface area contributed by atoms with E-state index in [-0.39, 0.29) is 0 Å². The standard InChI is InChI=1S/C16H18N4O/c1-4-6-12-11(5-2)13(17)7-8-14(12)21-15-9-10-19-16(18-3)20-15/h4-10H,1,17H2,2-3H3,(H,18,19,20)/b11-5+,12-6+. The molecule has 1 aromatic carbocycles. The van der Waals surface area contributed by atoms with Crippen LogP contribution in [-0.2, 0) is 0 Å². The molecule has 0 saturated heterocycles. The van der Waals surface area contributed by atoms with Crippen LogP contribution in [0.25, 0.3) is 12.2 Å². The fraction of sp³-hybridized carbons (Fsp3) is 0.125. The second-order valence-corrected chi connectivity index (χ2v) is 4.24. The largest absolute Gasteiger partial charge is 0.438 e. The van der Waals surface area contributed by atoms with Crippen LogP contribution in [0.5, 0.6) is 11.6 Å². The van der Waals surface area contributed by atoms with E-state index in [1.165, 1.54) is 0 Å². The Hall–Kier alpha value is -2.82. The number of ether oxygens (including phenoxy) is 1. The van der Waals surface area contributed by atoms with Gasteiger partial charge in [-0.05, 0) is 19.1 Å². The van der Waals surface area contributed by atoms with Gasteiger partial charge in [-0.25, -0.2) is 4.98 Å². The van der Waals surface area contributed by atoms with E-state index in [2.05, 4.69) is 21.9 Å². The molecule has 0 radical (unpaired) electrons. The van der Waals surface area contributed by atoms with Crippen molar-refractivity contribution in [3.63, 3.8) is 0 Å². The van der Waals surface area contributed by atoms with E-state index in [1.807, 2.05) is 31.2 Å². The Morgan fingerprint density at radius 2 is 2.10 bits per heavy atom. The molecule has 0 aliphatic rings. The van der Waals surface area contributed by atoms with Gasteiger partial charge in [0, 0.05) is 35.4 Å². The number of benzene rings is 1. The average molecular weight is 282 g/mol. The number of nitrogen functional groups attached to an aromatic ring is 1. The Bertz CT molecular complexity index is 768. The van der Waals surface area contributed by atoms with Gasteiger partial charge in [0.25, 0.3) is 0 Å². The van der Waals surface area contributed by atoms with Crippen molar-refractivity contribution in [1.29, 1.82) is 0 Å². The van der Waals surface area contributed by atoms with Crippen LogP contribution in [0.15, 0.2) is 37.1 Å². The fourth-order valence-electron chi connectivity index (χ4n) is 1.97. The first kappa shape index (κ1) is 14.6.